The number of carbonyl (C=O) groups excluding carboxylic acids is 1. The molecule has 0 bridgehead atoms. The van der Waals surface area contributed by atoms with Gasteiger partial charge in [-0.2, -0.15) is 0 Å². The summed E-state index contributed by atoms with van der Waals surface area (Å²) in [4.78, 5) is 11.2. The second-order valence-electron chi connectivity index (χ2n) is 3.52. The van der Waals surface area contributed by atoms with Crippen LogP contribution in [0.1, 0.15) is 13.8 Å². The predicted molar refractivity (Wildman–Crippen MR) is 54.1 cm³/mol. The molecule has 5 heteroatoms. The van der Waals surface area contributed by atoms with Crippen molar-refractivity contribution in [1.82, 2.24) is 0 Å². The zero-order valence-corrected chi connectivity index (χ0v) is 9.06. The molecule has 0 aliphatic carbocycles. The molecule has 0 saturated heterocycles. The SMILES string of the molecule is C/C=C(\C)C(=O)OCC(CO)(CO)CO. The van der Waals surface area contributed by atoms with Crippen LogP contribution in [0.25, 0.3) is 0 Å². The van der Waals surface area contributed by atoms with E-state index in [1.807, 2.05) is 0 Å². The molecule has 0 heterocycles. The fourth-order valence-corrected chi connectivity index (χ4v) is 0.737. The summed E-state index contributed by atoms with van der Waals surface area (Å²) in [5.41, 5.74) is -0.721. The number of allylic oxidation sites excluding steroid dienone is 1. The van der Waals surface area contributed by atoms with E-state index in [0.717, 1.165) is 0 Å². The molecule has 0 amide bonds. The first-order valence-electron chi connectivity index (χ1n) is 4.68. The molecule has 0 spiro atoms. The highest BCUT2D eigenvalue weighted by molar-refractivity contribution is 5.87. The Hall–Kier alpha value is -0.910. The number of hydrogen-bond acceptors (Lipinski definition) is 5. The molecule has 0 radical (unpaired) electrons. The highest BCUT2D eigenvalue weighted by atomic mass is 16.5. The molecule has 0 aliphatic heterocycles. The van der Waals surface area contributed by atoms with Gasteiger partial charge in [0.05, 0.1) is 25.2 Å². The van der Waals surface area contributed by atoms with E-state index in [1.165, 1.54) is 0 Å². The van der Waals surface area contributed by atoms with Gasteiger partial charge in [-0.3, -0.25) is 0 Å². The average Bonchev–Trinajstić information content (AvgIpc) is 2.30. The van der Waals surface area contributed by atoms with Gasteiger partial charge in [0, 0.05) is 5.57 Å². The first kappa shape index (κ1) is 14.1. The molecule has 88 valence electrons. The van der Waals surface area contributed by atoms with Gasteiger partial charge in [-0.25, -0.2) is 4.79 Å². The Labute approximate surface area is 89.0 Å². The van der Waals surface area contributed by atoms with Gasteiger partial charge in [0.1, 0.15) is 6.61 Å². The molecule has 0 aromatic carbocycles. The van der Waals surface area contributed by atoms with Gasteiger partial charge in [0.15, 0.2) is 0 Å². The second-order valence-corrected chi connectivity index (χ2v) is 3.52. The van der Waals surface area contributed by atoms with Gasteiger partial charge < -0.3 is 20.1 Å². The number of rotatable bonds is 6. The molecule has 15 heavy (non-hydrogen) atoms. The molecular weight excluding hydrogens is 200 g/mol. The smallest absolute Gasteiger partial charge is 0.333 e. The Bertz CT molecular complexity index is 222. The topological polar surface area (TPSA) is 87.0 Å². The number of aliphatic hydroxyl groups excluding tert-OH is 3. The summed E-state index contributed by atoms with van der Waals surface area (Å²) in [5.74, 6) is -0.516. The fourth-order valence-electron chi connectivity index (χ4n) is 0.737. The molecule has 0 aromatic heterocycles. The molecule has 0 saturated carbocycles. The quantitative estimate of drug-likeness (QED) is 0.411. The lowest BCUT2D eigenvalue weighted by Crippen LogP contribution is -2.39. The molecule has 0 rings (SSSR count). The van der Waals surface area contributed by atoms with Crippen molar-refractivity contribution in [3.05, 3.63) is 11.6 Å². The lowest BCUT2D eigenvalue weighted by atomic mass is 9.93. The summed E-state index contributed by atoms with van der Waals surface area (Å²) in [6.07, 6.45) is 1.60. The molecule has 0 aromatic rings. The van der Waals surface area contributed by atoms with Gasteiger partial charge >= 0.3 is 5.97 Å². The van der Waals surface area contributed by atoms with E-state index in [9.17, 15) is 4.79 Å². The minimum absolute atomic E-state index is 0.208. The van der Waals surface area contributed by atoms with Crippen LogP contribution in [0.15, 0.2) is 11.6 Å². The summed E-state index contributed by atoms with van der Waals surface area (Å²) in [6, 6.07) is 0. The summed E-state index contributed by atoms with van der Waals surface area (Å²) in [6.45, 7) is 1.77. The zero-order valence-electron chi connectivity index (χ0n) is 9.06. The monoisotopic (exact) mass is 218 g/mol. The van der Waals surface area contributed by atoms with Crippen LogP contribution < -0.4 is 0 Å². The summed E-state index contributed by atoms with van der Waals surface area (Å²) in [5, 5.41) is 26.9. The maximum atomic E-state index is 11.2. The van der Waals surface area contributed by atoms with Crippen LogP contribution >= 0.6 is 0 Å². The summed E-state index contributed by atoms with van der Waals surface area (Å²) >= 11 is 0. The summed E-state index contributed by atoms with van der Waals surface area (Å²) < 4.78 is 4.85. The van der Waals surface area contributed by atoms with Crippen molar-refractivity contribution in [2.75, 3.05) is 26.4 Å². The predicted octanol–water partition coefficient (Wildman–Crippen LogP) is -0.541. The van der Waals surface area contributed by atoms with Crippen molar-refractivity contribution in [1.29, 1.82) is 0 Å². The standard InChI is InChI=1S/C10H18O5/c1-3-8(2)9(14)15-7-10(4-11,5-12)6-13/h3,11-13H,4-7H2,1-2H3/b8-3+. The van der Waals surface area contributed by atoms with Gasteiger partial charge in [-0.05, 0) is 13.8 Å². The Morgan fingerprint density at radius 2 is 1.73 bits per heavy atom. The van der Waals surface area contributed by atoms with E-state index in [0.29, 0.717) is 5.57 Å². The van der Waals surface area contributed by atoms with Crippen molar-refractivity contribution in [3.63, 3.8) is 0 Å². The Kier molecular flexibility index (Phi) is 6.15. The van der Waals surface area contributed by atoms with Crippen molar-refractivity contribution < 1.29 is 24.9 Å². The van der Waals surface area contributed by atoms with E-state index in [2.05, 4.69) is 0 Å². The second kappa shape index (κ2) is 6.55. The molecule has 5 nitrogen and oxygen atoms in total. The molecule has 0 fully saturated rings. The van der Waals surface area contributed by atoms with Crippen molar-refractivity contribution in [3.8, 4) is 0 Å². The van der Waals surface area contributed by atoms with Gasteiger partial charge in [-0.1, -0.05) is 6.08 Å². The highest BCUT2D eigenvalue weighted by Gasteiger charge is 2.30. The van der Waals surface area contributed by atoms with Crippen LogP contribution in [0.3, 0.4) is 0 Å². The van der Waals surface area contributed by atoms with E-state index in [4.69, 9.17) is 20.1 Å². The first-order valence-corrected chi connectivity index (χ1v) is 4.68. The largest absolute Gasteiger partial charge is 0.461 e. The van der Waals surface area contributed by atoms with Crippen LogP contribution in [-0.4, -0.2) is 47.7 Å². The molecule has 0 atom stereocenters. The van der Waals surface area contributed by atoms with Crippen LogP contribution in [-0.2, 0) is 9.53 Å². The molecule has 0 unspecified atom stereocenters. The number of hydrogen-bond donors (Lipinski definition) is 3. The van der Waals surface area contributed by atoms with E-state index in [-0.39, 0.29) is 6.61 Å². The third-order valence-corrected chi connectivity index (χ3v) is 2.27. The van der Waals surface area contributed by atoms with E-state index in [1.54, 1.807) is 19.9 Å². The van der Waals surface area contributed by atoms with E-state index >= 15 is 0 Å². The van der Waals surface area contributed by atoms with Crippen molar-refractivity contribution in [2.24, 2.45) is 5.41 Å². The normalized spacial score (nSPS) is 12.7. The maximum Gasteiger partial charge on any atom is 0.333 e. The minimum Gasteiger partial charge on any atom is -0.461 e. The van der Waals surface area contributed by atoms with Crippen molar-refractivity contribution in [2.45, 2.75) is 13.8 Å². The van der Waals surface area contributed by atoms with Crippen LogP contribution in [0.4, 0.5) is 0 Å². The lowest BCUT2D eigenvalue weighted by Gasteiger charge is -2.26. The number of ether oxygens (including phenoxy) is 1. The Morgan fingerprint density at radius 1 is 1.27 bits per heavy atom. The third-order valence-electron chi connectivity index (χ3n) is 2.27. The summed E-state index contributed by atoms with van der Waals surface area (Å²) in [7, 11) is 0. The van der Waals surface area contributed by atoms with E-state index < -0.39 is 31.2 Å². The lowest BCUT2D eigenvalue weighted by molar-refractivity contribution is -0.146. The zero-order chi connectivity index (χ0) is 11.9. The molecular formula is C10H18O5. The van der Waals surface area contributed by atoms with Crippen molar-refractivity contribution >= 4 is 5.97 Å². The maximum absolute atomic E-state index is 11.2. The number of carbonyl (C=O) groups is 1. The third kappa shape index (κ3) is 3.99. The fraction of sp³-hybridized carbons (Fsp3) is 0.700. The van der Waals surface area contributed by atoms with Crippen LogP contribution in [0.5, 0.6) is 0 Å². The molecule has 3 N–H and O–H groups in total. The van der Waals surface area contributed by atoms with Crippen LogP contribution in [0, 0.1) is 5.41 Å². The number of aliphatic hydroxyl groups is 3. The average molecular weight is 218 g/mol. The number of esters is 1. The van der Waals surface area contributed by atoms with Crippen LogP contribution in [0.2, 0.25) is 0 Å². The Balaban J connectivity index is 4.29. The van der Waals surface area contributed by atoms with Gasteiger partial charge in [0.2, 0.25) is 0 Å². The minimum atomic E-state index is -1.16. The Morgan fingerprint density at radius 3 is 2.07 bits per heavy atom. The van der Waals surface area contributed by atoms with Gasteiger partial charge in [0.25, 0.3) is 0 Å². The molecule has 0 aliphatic rings. The first-order chi connectivity index (χ1) is 7.05. The van der Waals surface area contributed by atoms with Gasteiger partial charge in [-0.15, -0.1) is 0 Å². The highest BCUT2D eigenvalue weighted by Crippen LogP contribution is 2.15.